The van der Waals surface area contributed by atoms with Crippen LogP contribution >= 0.6 is 0 Å². The maximum atomic E-state index is 12.0. The molecule has 1 aromatic rings. The van der Waals surface area contributed by atoms with Crippen LogP contribution in [-0.4, -0.2) is 42.5 Å². The lowest BCUT2D eigenvalue weighted by Gasteiger charge is -2.38. The summed E-state index contributed by atoms with van der Waals surface area (Å²) >= 11 is 0. The SMILES string of the molecule is O=C1COC(N2CCC3(CC2)OC(=O)c2ccccc23)=N1. The standard InChI is InChI=1S/C15H14N2O4/c18-12-9-20-14(16-12)17-7-5-15(6-8-17)11-4-2-1-3-10(11)13(19)21-15/h1-4H,5-9H2. The van der Waals surface area contributed by atoms with Crippen LogP contribution in [-0.2, 0) is 19.9 Å². The summed E-state index contributed by atoms with van der Waals surface area (Å²) in [5, 5.41) is 0. The van der Waals surface area contributed by atoms with Crippen molar-refractivity contribution in [3.63, 3.8) is 0 Å². The molecule has 1 amide bonds. The number of ether oxygens (including phenoxy) is 2. The van der Waals surface area contributed by atoms with E-state index in [1.54, 1.807) is 0 Å². The molecule has 6 heteroatoms. The highest BCUT2D eigenvalue weighted by molar-refractivity contribution is 5.96. The van der Waals surface area contributed by atoms with Crippen LogP contribution in [0.5, 0.6) is 0 Å². The summed E-state index contributed by atoms with van der Waals surface area (Å²) < 4.78 is 10.9. The molecule has 3 aliphatic rings. The molecule has 0 aromatic heterocycles. The van der Waals surface area contributed by atoms with E-state index in [0.717, 1.165) is 5.56 Å². The molecule has 108 valence electrons. The third-order valence-electron chi connectivity index (χ3n) is 4.31. The van der Waals surface area contributed by atoms with Crippen LogP contribution in [0.2, 0.25) is 0 Å². The Labute approximate surface area is 121 Å². The summed E-state index contributed by atoms with van der Waals surface area (Å²) in [6.45, 7) is 1.32. The Balaban J connectivity index is 1.57. The minimum atomic E-state index is -0.534. The fourth-order valence-electron chi connectivity index (χ4n) is 3.24. The van der Waals surface area contributed by atoms with Crippen molar-refractivity contribution in [1.29, 1.82) is 0 Å². The van der Waals surface area contributed by atoms with Gasteiger partial charge in [0.15, 0.2) is 6.61 Å². The molecule has 0 aliphatic carbocycles. The Morgan fingerprint density at radius 3 is 2.62 bits per heavy atom. The molecule has 0 saturated carbocycles. The fourth-order valence-corrected chi connectivity index (χ4v) is 3.24. The molecule has 0 unspecified atom stereocenters. The van der Waals surface area contributed by atoms with Crippen molar-refractivity contribution in [2.24, 2.45) is 4.99 Å². The molecule has 0 radical (unpaired) electrons. The number of benzene rings is 1. The van der Waals surface area contributed by atoms with Crippen molar-refractivity contribution < 1.29 is 19.1 Å². The summed E-state index contributed by atoms with van der Waals surface area (Å²) in [5.74, 6) is -0.494. The van der Waals surface area contributed by atoms with Crippen molar-refractivity contribution in [3.05, 3.63) is 35.4 Å². The summed E-state index contributed by atoms with van der Waals surface area (Å²) in [7, 11) is 0. The molecule has 3 heterocycles. The van der Waals surface area contributed by atoms with E-state index >= 15 is 0 Å². The number of hydrogen-bond acceptors (Lipinski definition) is 5. The third kappa shape index (κ3) is 1.82. The molecule has 21 heavy (non-hydrogen) atoms. The highest BCUT2D eigenvalue weighted by Gasteiger charge is 2.47. The Morgan fingerprint density at radius 1 is 1.14 bits per heavy atom. The molecular weight excluding hydrogens is 272 g/mol. The van der Waals surface area contributed by atoms with Crippen LogP contribution in [0.3, 0.4) is 0 Å². The Bertz CT molecular complexity index is 659. The number of esters is 1. The number of amides is 1. The van der Waals surface area contributed by atoms with Gasteiger partial charge in [-0.1, -0.05) is 18.2 Å². The number of likely N-dealkylation sites (tertiary alicyclic amines) is 1. The lowest BCUT2D eigenvalue weighted by Crippen LogP contribution is -2.45. The number of rotatable bonds is 0. The predicted molar refractivity (Wildman–Crippen MR) is 72.7 cm³/mol. The molecule has 3 aliphatic heterocycles. The van der Waals surface area contributed by atoms with E-state index < -0.39 is 5.60 Å². The molecule has 0 bridgehead atoms. The van der Waals surface area contributed by atoms with Crippen molar-refractivity contribution in [2.75, 3.05) is 19.7 Å². The number of carbonyl (C=O) groups is 2. The second kappa shape index (κ2) is 4.31. The van der Waals surface area contributed by atoms with E-state index in [2.05, 4.69) is 4.99 Å². The predicted octanol–water partition coefficient (Wildman–Crippen LogP) is 1.06. The van der Waals surface area contributed by atoms with Crippen LogP contribution in [0.1, 0.15) is 28.8 Å². The van der Waals surface area contributed by atoms with Crippen molar-refractivity contribution in [1.82, 2.24) is 4.90 Å². The zero-order chi connectivity index (χ0) is 14.4. The number of piperidine rings is 1. The van der Waals surface area contributed by atoms with Gasteiger partial charge in [-0.15, -0.1) is 0 Å². The van der Waals surface area contributed by atoms with Crippen molar-refractivity contribution in [2.45, 2.75) is 18.4 Å². The first-order valence-corrected chi connectivity index (χ1v) is 7.00. The molecule has 0 N–H and O–H groups in total. The second-order valence-corrected chi connectivity index (χ2v) is 5.49. The number of carbonyl (C=O) groups excluding carboxylic acids is 2. The van der Waals surface area contributed by atoms with Crippen LogP contribution in [0.4, 0.5) is 0 Å². The van der Waals surface area contributed by atoms with Gasteiger partial charge < -0.3 is 14.4 Å². The summed E-state index contributed by atoms with van der Waals surface area (Å²) in [6.07, 6.45) is 1.35. The highest BCUT2D eigenvalue weighted by Crippen LogP contribution is 2.44. The maximum absolute atomic E-state index is 12.0. The van der Waals surface area contributed by atoms with Gasteiger partial charge in [0, 0.05) is 31.5 Å². The number of amidine groups is 1. The molecule has 1 saturated heterocycles. The molecule has 4 rings (SSSR count). The zero-order valence-electron chi connectivity index (χ0n) is 11.4. The lowest BCUT2D eigenvalue weighted by atomic mass is 9.84. The topological polar surface area (TPSA) is 68.2 Å². The number of hydrogen-bond donors (Lipinski definition) is 0. The van der Waals surface area contributed by atoms with Gasteiger partial charge in [0.05, 0.1) is 5.56 Å². The van der Waals surface area contributed by atoms with E-state index in [0.29, 0.717) is 37.5 Å². The number of aliphatic imine (C=N–C) groups is 1. The second-order valence-electron chi connectivity index (χ2n) is 5.49. The summed E-state index contributed by atoms with van der Waals surface area (Å²) in [5.41, 5.74) is 1.10. The van der Waals surface area contributed by atoms with Gasteiger partial charge in [-0.05, 0) is 6.07 Å². The maximum Gasteiger partial charge on any atom is 0.339 e. The summed E-state index contributed by atoms with van der Waals surface area (Å²) in [4.78, 5) is 28.9. The van der Waals surface area contributed by atoms with E-state index in [1.807, 2.05) is 29.2 Å². The van der Waals surface area contributed by atoms with Gasteiger partial charge in [-0.25, -0.2) is 4.79 Å². The van der Waals surface area contributed by atoms with Gasteiger partial charge in [0.25, 0.3) is 11.9 Å². The third-order valence-corrected chi connectivity index (χ3v) is 4.31. The average molecular weight is 286 g/mol. The highest BCUT2D eigenvalue weighted by atomic mass is 16.6. The largest absolute Gasteiger partial charge is 0.455 e. The quantitative estimate of drug-likeness (QED) is 0.667. The molecule has 0 atom stereocenters. The van der Waals surface area contributed by atoms with E-state index in [9.17, 15) is 9.59 Å². The summed E-state index contributed by atoms with van der Waals surface area (Å²) in [6, 6.07) is 7.94. The number of fused-ring (bicyclic) bond motifs is 2. The van der Waals surface area contributed by atoms with Gasteiger partial charge in [0.2, 0.25) is 0 Å². The zero-order valence-corrected chi connectivity index (χ0v) is 11.4. The van der Waals surface area contributed by atoms with E-state index in [-0.39, 0.29) is 18.5 Å². The lowest BCUT2D eigenvalue weighted by molar-refractivity contribution is -0.118. The Kier molecular flexibility index (Phi) is 2.54. The van der Waals surface area contributed by atoms with Crippen LogP contribution in [0, 0.1) is 0 Å². The fraction of sp³-hybridized carbons (Fsp3) is 0.400. The molecule has 1 aromatic carbocycles. The number of nitrogens with zero attached hydrogens (tertiary/aromatic N) is 2. The Morgan fingerprint density at radius 2 is 1.90 bits per heavy atom. The van der Waals surface area contributed by atoms with E-state index in [4.69, 9.17) is 9.47 Å². The molecule has 1 spiro atoms. The van der Waals surface area contributed by atoms with Crippen LogP contribution in [0.15, 0.2) is 29.3 Å². The first kappa shape index (κ1) is 12.4. The van der Waals surface area contributed by atoms with Crippen molar-refractivity contribution in [3.8, 4) is 0 Å². The van der Waals surface area contributed by atoms with Gasteiger partial charge >= 0.3 is 5.97 Å². The molecular formula is C15H14N2O4. The smallest absolute Gasteiger partial charge is 0.339 e. The van der Waals surface area contributed by atoms with Gasteiger partial charge in [-0.3, -0.25) is 4.79 Å². The van der Waals surface area contributed by atoms with Gasteiger partial charge in [-0.2, -0.15) is 4.99 Å². The van der Waals surface area contributed by atoms with E-state index in [1.165, 1.54) is 0 Å². The average Bonchev–Trinajstić information content (AvgIpc) is 3.04. The first-order valence-electron chi connectivity index (χ1n) is 7.00. The molecule has 1 fully saturated rings. The van der Waals surface area contributed by atoms with Gasteiger partial charge in [0.1, 0.15) is 5.60 Å². The van der Waals surface area contributed by atoms with Crippen LogP contribution in [0.25, 0.3) is 0 Å². The van der Waals surface area contributed by atoms with Crippen LogP contribution < -0.4 is 0 Å². The van der Waals surface area contributed by atoms with Crippen molar-refractivity contribution >= 4 is 17.9 Å². The Hall–Kier alpha value is -2.37. The normalized spacial score (nSPS) is 22.9. The first-order chi connectivity index (χ1) is 10.2. The monoisotopic (exact) mass is 286 g/mol. The minimum absolute atomic E-state index is 0.0226. The molecule has 6 nitrogen and oxygen atoms in total. The minimum Gasteiger partial charge on any atom is -0.455 e.